The number of esters is 2. The van der Waals surface area contributed by atoms with Crippen LogP contribution in [0.1, 0.15) is 97.3 Å². The molecule has 0 rings (SSSR count). The first kappa shape index (κ1) is 38.8. The second-order valence-corrected chi connectivity index (χ2v) is 10.7. The molecular formula is C26H53NO10S. The lowest BCUT2D eigenvalue weighted by Gasteiger charge is -2.17. The van der Waals surface area contributed by atoms with Gasteiger partial charge in [0.15, 0.2) is 5.25 Å². The van der Waals surface area contributed by atoms with E-state index in [0.717, 1.165) is 57.8 Å². The van der Waals surface area contributed by atoms with E-state index in [1.807, 2.05) is 0 Å². The molecule has 0 aliphatic rings. The highest BCUT2D eigenvalue weighted by Crippen LogP contribution is 2.11. The monoisotopic (exact) mass is 571 g/mol. The molecule has 0 spiro atoms. The Labute approximate surface area is 229 Å². The molecule has 4 N–H and O–H groups in total. The van der Waals surface area contributed by atoms with Crippen molar-refractivity contribution in [1.29, 1.82) is 0 Å². The lowest BCUT2D eigenvalue weighted by molar-refractivity contribution is -0.150. The van der Waals surface area contributed by atoms with Gasteiger partial charge in [-0.3, -0.25) is 19.0 Å². The van der Waals surface area contributed by atoms with Gasteiger partial charge in [0.2, 0.25) is 0 Å². The van der Waals surface area contributed by atoms with Crippen LogP contribution in [0.4, 0.5) is 0 Å². The zero-order valence-electron chi connectivity index (χ0n) is 23.5. The molecule has 38 heavy (non-hydrogen) atoms. The Hall–Kier alpha value is -1.31. The highest BCUT2D eigenvalue weighted by atomic mass is 32.2. The van der Waals surface area contributed by atoms with E-state index in [1.54, 1.807) is 4.90 Å². The molecule has 0 aromatic carbocycles. The number of hydrogen-bond acceptors (Lipinski definition) is 10. The number of unbranched alkanes of at least 4 members (excludes halogenated alkanes) is 10. The second kappa shape index (κ2) is 27.3. The molecule has 1 atom stereocenters. The van der Waals surface area contributed by atoms with Crippen molar-refractivity contribution in [3.63, 3.8) is 0 Å². The van der Waals surface area contributed by atoms with Crippen molar-refractivity contribution >= 4 is 22.1 Å². The van der Waals surface area contributed by atoms with Crippen LogP contribution in [-0.2, 0) is 29.2 Å². The summed E-state index contributed by atoms with van der Waals surface area (Å²) in [6, 6.07) is 0. The number of hydrogen-bond donors (Lipinski definition) is 4. The highest BCUT2D eigenvalue weighted by Gasteiger charge is 2.35. The molecule has 0 saturated carbocycles. The van der Waals surface area contributed by atoms with Crippen LogP contribution >= 0.6 is 0 Å². The summed E-state index contributed by atoms with van der Waals surface area (Å²) in [6.45, 7) is 6.25. The molecule has 0 heterocycles. The van der Waals surface area contributed by atoms with E-state index in [4.69, 9.17) is 24.8 Å². The normalized spacial score (nSPS) is 12.1. The number of nitrogens with zero attached hydrogens (tertiary/aromatic N) is 1. The van der Waals surface area contributed by atoms with Gasteiger partial charge in [-0.05, 0) is 12.8 Å². The van der Waals surface area contributed by atoms with Crippen LogP contribution in [0, 0.1) is 0 Å². The standard InChI is InChI=1S/C20H38O7S.C6H15NO3/c1-3-5-7-9-11-13-15-26-19(21)17-18(28(23,24)25)20(22)27-16-14-12-10-8-6-4-2;8-4-1-7(2-5-9)3-6-10/h18H,3-17H2,1-2H3,(H,23,24,25);8-10H,1-6H2. The largest absolute Gasteiger partial charge is 0.466 e. The Bertz CT molecular complexity index is 646. The van der Waals surface area contributed by atoms with E-state index in [2.05, 4.69) is 13.8 Å². The third-order valence-electron chi connectivity index (χ3n) is 5.73. The Kier molecular flexibility index (Phi) is 27.9. The van der Waals surface area contributed by atoms with E-state index >= 15 is 0 Å². The van der Waals surface area contributed by atoms with Crippen LogP contribution in [0.2, 0.25) is 0 Å². The van der Waals surface area contributed by atoms with Gasteiger partial charge in [0.1, 0.15) is 0 Å². The molecule has 1 unspecified atom stereocenters. The first-order chi connectivity index (χ1) is 18.2. The maximum Gasteiger partial charge on any atom is 0.327 e. The van der Waals surface area contributed by atoms with Gasteiger partial charge in [-0.15, -0.1) is 0 Å². The minimum atomic E-state index is -4.73. The predicted octanol–water partition coefficient (Wildman–Crippen LogP) is 2.71. The predicted molar refractivity (Wildman–Crippen MR) is 146 cm³/mol. The minimum Gasteiger partial charge on any atom is -0.466 e. The Morgan fingerprint density at radius 2 is 1.08 bits per heavy atom. The van der Waals surface area contributed by atoms with E-state index in [9.17, 15) is 22.6 Å². The number of carbonyl (C=O) groups excluding carboxylic acids is 2. The van der Waals surface area contributed by atoms with Crippen LogP contribution < -0.4 is 0 Å². The number of aliphatic hydroxyl groups is 3. The van der Waals surface area contributed by atoms with E-state index in [0.29, 0.717) is 32.5 Å². The highest BCUT2D eigenvalue weighted by molar-refractivity contribution is 7.87. The molecule has 228 valence electrons. The molecule has 0 aromatic rings. The van der Waals surface area contributed by atoms with Crippen LogP contribution in [-0.4, -0.2) is 103 Å². The quantitative estimate of drug-likeness (QED) is 0.0762. The van der Waals surface area contributed by atoms with Gasteiger partial charge in [-0.2, -0.15) is 8.42 Å². The first-order valence-corrected chi connectivity index (χ1v) is 15.5. The zero-order valence-corrected chi connectivity index (χ0v) is 24.3. The SMILES string of the molecule is CCCCCCCCOC(=O)CC(C(=O)OCCCCCCCC)S(=O)(=O)O.OCCN(CCO)CCO. The topological polar surface area (TPSA) is 171 Å². The molecule has 0 radical (unpaired) electrons. The van der Waals surface area contributed by atoms with Gasteiger partial charge in [0.05, 0.1) is 39.5 Å². The fraction of sp³-hybridized carbons (Fsp3) is 0.923. The smallest absolute Gasteiger partial charge is 0.327 e. The third kappa shape index (κ3) is 25.0. The van der Waals surface area contributed by atoms with E-state index < -0.39 is 33.7 Å². The van der Waals surface area contributed by atoms with Gasteiger partial charge >= 0.3 is 11.9 Å². The Morgan fingerprint density at radius 3 is 1.47 bits per heavy atom. The summed E-state index contributed by atoms with van der Waals surface area (Å²) < 4.78 is 42.0. The maximum atomic E-state index is 12.0. The van der Waals surface area contributed by atoms with Crippen molar-refractivity contribution < 1.29 is 47.4 Å². The summed E-state index contributed by atoms with van der Waals surface area (Å²) >= 11 is 0. The molecule has 0 amide bonds. The fourth-order valence-electron chi connectivity index (χ4n) is 3.50. The van der Waals surface area contributed by atoms with Crippen molar-refractivity contribution in [2.45, 2.75) is 103 Å². The number of ether oxygens (including phenoxy) is 2. The zero-order chi connectivity index (χ0) is 29.1. The van der Waals surface area contributed by atoms with Crippen molar-refractivity contribution in [3.8, 4) is 0 Å². The molecule has 11 nitrogen and oxygen atoms in total. The summed E-state index contributed by atoms with van der Waals surface area (Å²) in [5, 5.41) is 23.5. The Balaban J connectivity index is 0. The second-order valence-electron chi connectivity index (χ2n) is 9.14. The van der Waals surface area contributed by atoms with Crippen LogP contribution in [0.15, 0.2) is 0 Å². The van der Waals surface area contributed by atoms with Gasteiger partial charge in [-0.1, -0.05) is 78.1 Å². The number of carbonyl (C=O) groups is 2. The van der Waals surface area contributed by atoms with Gasteiger partial charge in [0, 0.05) is 19.6 Å². The van der Waals surface area contributed by atoms with Crippen molar-refractivity contribution in [2.24, 2.45) is 0 Å². The molecule has 0 fully saturated rings. The molecule has 12 heteroatoms. The first-order valence-electron chi connectivity index (χ1n) is 14.0. The molecule has 0 saturated heterocycles. The summed E-state index contributed by atoms with van der Waals surface area (Å²) in [7, 11) is -4.73. The number of rotatable bonds is 24. The van der Waals surface area contributed by atoms with E-state index in [1.165, 1.54) is 6.42 Å². The molecular weight excluding hydrogens is 518 g/mol. The third-order valence-corrected chi connectivity index (χ3v) is 6.80. The number of aliphatic hydroxyl groups excluding tert-OH is 3. The average Bonchev–Trinajstić information content (AvgIpc) is 2.86. The Morgan fingerprint density at radius 1 is 0.684 bits per heavy atom. The fourth-order valence-corrected chi connectivity index (χ4v) is 4.15. The lowest BCUT2D eigenvalue weighted by atomic mass is 10.1. The van der Waals surface area contributed by atoms with Gasteiger partial charge in [-0.25, -0.2) is 0 Å². The molecule has 0 aliphatic heterocycles. The van der Waals surface area contributed by atoms with Crippen molar-refractivity contribution in [1.82, 2.24) is 4.90 Å². The van der Waals surface area contributed by atoms with Gasteiger partial charge in [0.25, 0.3) is 10.1 Å². The van der Waals surface area contributed by atoms with Crippen LogP contribution in [0.25, 0.3) is 0 Å². The molecule has 0 bridgehead atoms. The molecule has 0 aliphatic carbocycles. The van der Waals surface area contributed by atoms with Crippen molar-refractivity contribution in [3.05, 3.63) is 0 Å². The van der Waals surface area contributed by atoms with Crippen LogP contribution in [0.3, 0.4) is 0 Å². The summed E-state index contributed by atoms with van der Waals surface area (Å²) in [4.78, 5) is 25.6. The summed E-state index contributed by atoms with van der Waals surface area (Å²) in [6.07, 6.45) is 11.3. The summed E-state index contributed by atoms with van der Waals surface area (Å²) in [5.41, 5.74) is 0. The van der Waals surface area contributed by atoms with E-state index in [-0.39, 0.29) is 33.0 Å². The van der Waals surface area contributed by atoms with Crippen LogP contribution in [0.5, 0.6) is 0 Å². The van der Waals surface area contributed by atoms with Gasteiger partial charge < -0.3 is 24.8 Å². The minimum absolute atomic E-state index is 0.0694. The summed E-state index contributed by atoms with van der Waals surface area (Å²) in [5.74, 6) is -1.93. The molecule has 0 aromatic heterocycles. The van der Waals surface area contributed by atoms with Crippen molar-refractivity contribution in [2.75, 3.05) is 52.7 Å². The maximum absolute atomic E-state index is 12.0. The average molecular weight is 572 g/mol. The lowest BCUT2D eigenvalue weighted by Crippen LogP contribution is -2.34.